The third kappa shape index (κ3) is 7.34. The van der Waals surface area contributed by atoms with E-state index in [2.05, 4.69) is 38.4 Å². The van der Waals surface area contributed by atoms with Gasteiger partial charge in [0.15, 0.2) is 0 Å². The van der Waals surface area contributed by atoms with Crippen LogP contribution in [0.5, 0.6) is 0 Å². The maximum atomic E-state index is 11.5. The van der Waals surface area contributed by atoms with Gasteiger partial charge in [-0.25, -0.2) is 9.46 Å². The van der Waals surface area contributed by atoms with E-state index in [0.717, 1.165) is 16.3 Å². The highest BCUT2D eigenvalue weighted by molar-refractivity contribution is 7.44. The standard InChI is InChI=1S/C25H33N2O7P/c1-17(2)27(18(3)4)35(32-10-6-9-26)34-21(15-29-5)16-30-13-20-14-31-24-12-23-19(11-22(20)24)7-8-25(28)33-23/h7-8,11-12,14,17-18,21H,6,10,13,15-16H2,1-5H3. The van der Waals surface area contributed by atoms with E-state index in [9.17, 15) is 4.79 Å². The average Bonchev–Trinajstić information content (AvgIpc) is 3.18. The Morgan fingerprint density at radius 3 is 2.57 bits per heavy atom. The van der Waals surface area contributed by atoms with Crippen LogP contribution in [0.25, 0.3) is 21.9 Å². The second kappa shape index (κ2) is 13.1. The van der Waals surface area contributed by atoms with Crippen LogP contribution in [-0.2, 0) is 25.1 Å². The Hall–Kier alpha value is -2.31. The predicted octanol–water partition coefficient (Wildman–Crippen LogP) is 5.36. The summed E-state index contributed by atoms with van der Waals surface area (Å²) in [5.74, 6) is 0. The number of ether oxygens (including phenoxy) is 2. The van der Waals surface area contributed by atoms with Gasteiger partial charge in [0.2, 0.25) is 0 Å². The van der Waals surface area contributed by atoms with Crippen molar-refractivity contribution >= 4 is 30.5 Å². The molecule has 0 aliphatic carbocycles. The minimum absolute atomic E-state index is 0.198. The number of fused-ring (bicyclic) bond motifs is 2. The molecule has 1 aromatic carbocycles. The molecule has 0 aliphatic rings. The number of nitriles is 1. The van der Waals surface area contributed by atoms with Gasteiger partial charge in [-0.2, -0.15) is 5.26 Å². The molecule has 3 aromatic rings. The molecule has 9 nitrogen and oxygen atoms in total. The summed E-state index contributed by atoms with van der Waals surface area (Å²) in [5, 5.41) is 10.6. The molecule has 2 aromatic heterocycles. The van der Waals surface area contributed by atoms with Crippen LogP contribution in [0.2, 0.25) is 0 Å². The molecule has 10 heteroatoms. The minimum atomic E-state index is -1.41. The maximum absolute atomic E-state index is 11.5. The molecule has 0 saturated carbocycles. The topological polar surface area (TPSA) is 107 Å². The highest BCUT2D eigenvalue weighted by atomic mass is 31.2. The third-order valence-electron chi connectivity index (χ3n) is 5.21. The van der Waals surface area contributed by atoms with Crippen LogP contribution in [0.15, 0.2) is 44.2 Å². The zero-order valence-corrected chi connectivity index (χ0v) is 21.7. The molecule has 2 heterocycles. The van der Waals surface area contributed by atoms with Crippen LogP contribution < -0.4 is 5.63 Å². The Bertz CT molecular complexity index is 1180. The van der Waals surface area contributed by atoms with Crippen molar-refractivity contribution in [2.24, 2.45) is 0 Å². The Balaban J connectivity index is 1.69. The molecular weight excluding hydrogens is 471 g/mol. The summed E-state index contributed by atoms with van der Waals surface area (Å²) in [6.45, 7) is 9.59. The summed E-state index contributed by atoms with van der Waals surface area (Å²) in [4.78, 5) is 11.5. The van der Waals surface area contributed by atoms with Crippen molar-refractivity contribution in [2.75, 3.05) is 26.9 Å². The highest BCUT2D eigenvalue weighted by Gasteiger charge is 2.30. The third-order valence-corrected chi connectivity index (χ3v) is 7.39. The van der Waals surface area contributed by atoms with E-state index in [1.54, 1.807) is 25.5 Å². The molecule has 190 valence electrons. The normalized spacial score (nSPS) is 13.8. The van der Waals surface area contributed by atoms with Gasteiger partial charge in [-0.3, -0.25) is 0 Å². The van der Waals surface area contributed by atoms with Crippen LogP contribution in [0, 0.1) is 11.3 Å². The average molecular weight is 505 g/mol. The Morgan fingerprint density at radius 1 is 1.11 bits per heavy atom. The molecule has 0 N–H and O–H groups in total. The van der Waals surface area contributed by atoms with Crippen LogP contribution in [-0.4, -0.2) is 49.8 Å². The molecule has 0 fully saturated rings. The van der Waals surface area contributed by atoms with Gasteiger partial charge in [0.05, 0.1) is 45.2 Å². The van der Waals surface area contributed by atoms with Gasteiger partial charge in [0, 0.05) is 47.7 Å². The van der Waals surface area contributed by atoms with Crippen molar-refractivity contribution in [3.8, 4) is 6.07 Å². The molecular formula is C25H33N2O7P. The van der Waals surface area contributed by atoms with E-state index in [1.807, 2.05) is 6.07 Å². The van der Waals surface area contributed by atoms with Crippen molar-refractivity contribution < 1.29 is 27.4 Å². The van der Waals surface area contributed by atoms with Gasteiger partial charge in [0.25, 0.3) is 8.53 Å². The summed E-state index contributed by atoms with van der Waals surface area (Å²) in [5.41, 5.74) is 1.57. The fourth-order valence-corrected chi connectivity index (χ4v) is 5.45. The first-order chi connectivity index (χ1) is 16.8. The predicted molar refractivity (Wildman–Crippen MR) is 134 cm³/mol. The zero-order chi connectivity index (χ0) is 25.4. The lowest BCUT2D eigenvalue weighted by molar-refractivity contribution is -0.00657. The fraction of sp³-hybridized carbons (Fsp3) is 0.520. The van der Waals surface area contributed by atoms with Crippen molar-refractivity contribution in [3.63, 3.8) is 0 Å². The maximum Gasteiger partial charge on any atom is 0.336 e. The quantitative estimate of drug-likeness (QED) is 0.163. The molecule has 0 radical (unpaired) electrons. The number of benzene rings is 1. The Labute approximate surface area is 206 Å². The monoisotopic (exact) mass is 504 g/mol. The van der Waals surface area contributed by atoms with Crippen LogP contribution in [0.4, 0.5) is 0 Å². The van der Waals surface area contributed by atoms with E-state index in [0.29, 0.717) is 37.4 Å². The van der Waals surface area contributed by atoms with E-state index >= 15 is 0 Å². The van der Waals surface area contributed by atoms with Crippen LogP contribution in [0.1, 0.15) is 39.7 Å². The SMILES string of the molecule is COCC(COCc1coc2cc3oc(=O)ccc3cc12)OP(OCCC#N)N(C(C)C)C(C)C. The van der Waals surface area contributed by atoms with Crippen LogP contribution >= 0.6 is 8.53 Å². The summed E-state index contributed by atoms with van der Waals surface area (Å²) >= 11 is 0. The summed E-state index contributed by atoms with van der Waals surface area (Å²) < 4.78 is 36.8. The van der Waals surface area contributed by atoms with Gasteiger partial charge >= 0.3 is 5.63 Å². The second-order valence-corrected chi connectivity index (χ2v) is 10.1. The molecule has 0 saturated heterocycles. The number of methoxy groups -OCH3 is 1. The minimum Gasteiger partial charge on any atom is -0.464 e. The molecule has 0 spiro atoms. The van der Waals surface area contributed by atoms with Gasteiger partial charge in [-0.1, -0.05) is 0 Å². The zero-order valence-electron chi connectivity index (χ0n) is 20.9. The molecule has 0 bridgehead atoms. The number of furan rings is 1. The van der Waals surface area contributed by atoms with Gasteiger partial charge in [-0.15, -0.1) is 0 Å². The van der Waals surface area contributed by atoms with Crippen molar-refractivity contribution in [3.05, 3.63) is 46.5 Å². The van der Waals surface area contributed by atoms with E-state index in [4.69, 9.17) is 32.6 Å². The first-order valence-corrected chi connectivity index (χ1v) is 12.7. The molecule has 2 atom stereocenters. The number of nitrogens with zero attached hydrogens (tertiary/aromatic N) is 2. The van der Waals surface area contributed by atoms with E-state index < -0.39 is 14.2 Å². The first-order valence-electron chi connectivity index (χ1n) is 11.6. The summed E-state index contributed by atoms with van der Waals surface area (Å²) in [6, 6.07) is 9.26. The van der Waals surface area contributed by atoms with E-state index in [1.165, 1.54) is 6.07 Å². The Kier molecular flexibility index (Phi) is 10.2. The first kappa shape index (κ1) is 27.3. The molecule has 0 amide bonds. The number of hydrogen-bond acceptors (Lipinski definition) is 9. The smallest absolute Gasteiger partial charge is 0.336 e. The number of hydrogen-bond donors (Lipinski definition) is 0. The largest absolute Gasteiger partial charge is 0.464 e. The van der Waals surface area contributed by atoms with Crippen molar-refractivity contribution in [1.82, 2.24) is 4.67 Å². The molecule has 2 unspecified atom stereocenters. The van der Waals surface area contributed by atoms with Crippen molar-refractivity contribution in [1.29, 1.82) is 5.26 Å². The lowest BCUT2D eigenvalue weighted by Crippen LogP contribution is -2.36. The molecule has 35 heavy (non-hydrogen) atoms. The Morgan fingerprint density at radius 2 is 1.89 bits per heavy atom. The van der Waals surface area contributed by atoms with Crippen LogP contribution in [0.3, 0.4) is 0 Å². The van der Waals surface area contributed by atoms with Gasteiger partial charge in [-0.05, 0) is 39.8 Å². The lowest BCUT2D eigenvalue weighted by Gasteiger charge is -2.37. The lowest BCUT2D eigenvalue weighted by atomic mass is 10.1. The summed E-state index contributed by atoms with van der Waals surface area (Å²) in [7, 11) is 0.206. The number of rotatable bonds is 14. The molecule has 3 rings (SSSR count). The van der Waals surface area contributed by atoms with E-state index in [-0.39, 0.29) is 24.8 Å². The van der Waals surface area contributed by atoms with Gasteiger partial charge in [0.1, 0.15) is 17.3 Å². The second-order valence-electron chi connectivity index (χ2n) is 8.65. The van der Waals surface area contributed by atoms with Crippen molar-refractivity contribution in [2.45, 2.75) is 58.9 Å². The highest BCUT2D eigenvalue weighted by Crippen LogP contribution is 2.47. The molecule has 0 aliphatic heterocycles. The van der Waals surface area contributed by atoms with Gasteiger partial charge < -0.3 is 27.4 Å². The fourth-order valence-electron chi connectivity index (χ4n) is 3.77. The summed E-state index contributed by atoms with van der Waals surface area (Å²) in [6.07, 6.45) is 1.58.